The number of hydrogen-bond donors (Lipinski definition) is 4. The Morgan fingerprint density at radius 1 is 1.05 bits per heavy atom. The average molecular weight is 583 g/mol. The van der Waals surface area contributed by atoms with Gasteiger partial charge in [-0.25, -0.2) is 17.2 Å². The first kappa shape index (κ1) is 27.9. The van der Waals surface area contributed by atoms with E-state index in [1.165, 1.54) is 18.2 Å². The predicted octanol–water partition coefficient (Wildman–Crippen LogP) is 3.31. The summed E-state index contributed by atoms with van der Waals surface area (Å²) in [4.78, 5) is 24.8. The maximum absolute atomic E-state index is 13.7. The van der Waals surface area contributed by atoms with Crippen molar-refractivity contribution < 1.29 is 37.0 Å². The molecule has 4 aliphatic rings. The Balaban J connectivity index is 1.29. The number of amides is 2. The molecule has 210 valence electrons. The second kappa shape index (κ2) is 10.1. The minimum Gasteiger partial charge on any atom is -0.393 e. The molecule has 2 unspecified atom stereocenters. The van der Waals surface area contributed by atoms with E-state index >= 15 is 0 Å². The van der Waals surface area contributed by atoms with Gasteiger partial charge in [-0.3, -0.25) is 9.59 Å². The second-order valence-corrected chi connectivity index (χ2v) is 13.6. The van der Waals surface area contributed by atoms with Crippen molar-refractivity contribution in [2.75, 3.05) is 11.9 Å². The zero-order valence-electron chi connectivity index (χ0n) is 21.0. The quantitative estimate of drug-likeness (QED) is 0.396. The van der Waals surface area contributed by atoms with Crippen LogP contribution in [-0.4, -0.2) is 53.9 Å². The highest BCUT2D eigenvalue weighted by Crippen LogP contribution is 2.59. The molecule has 4 fully saturated rings. The van der Waals surface area contributed by atoms with Crippen LogP contribution in [-0.2, 0) is 14.6 Å². The van der Waals surface area contributed by atoms with Crippen molar-refractivity contribution in [1.29, 1.82) is 0 Å². The Morgan fingerprint density at radius 3 is 2.33 bits per heavy atom. The first-order valence-electron chi connectivity index (χ1n) is 12.8. The molecule has 0 heterocycles. The predicted molar refractivity (Wildman–Crippen MR) is 139 cm³/mol. The fourth-order valence-corrected chi connectivity index (χ4v) is 8.71. The summed E-state index contributed by atoms with van der Waals surface area (Å²) in [5.41, 5.74) is -1.25. The van der Waals surface area contributed by atoms with Crippen molar-refractivity contribution in [1.82, 2.24) is 5.32 Å². The molecule has 2 amide bonds. The van der Waals surface area contributed by atoms with Gasteiger partial charge < -0.3 is 20.8 Å². The van der Waals surface area contributed by atoms with Gasteiger partial charge in [0, 0.05) is 29.8 Å². The Bertz CT molecular complexity index is 1420. The monoisotopic (exact) mass is 582 g/mol. The fraction of sp³-hybridized carbons (Fsp3) is 0.481. The first-order chi connectivity index (χ1) is 18.3. The Labute approximate surface area is 229 Å². The average Bonchev–Trinajstić information content (AvgIpc) is 2.88. The van der Waals surface area contributed by atoms with Crippen molar-refractivity contribution in [2.24, 2.45) is 23.7 Å². The molecule has 0 aromatic heterocycles. The van der Waals surface area contributed by atoms with Gasteiger partial charge in [-0.15, -0.1) is 0 Å². The van der Waals surface area contributed by atoms with E-state index in [1.54, 1.807) is 0 Å². The Kier molecular flexibility index (Phi) is 7.24. The van der Waals surface area contributed by atoms with E-state index < -0.39 is 44.3 Å². The number of nitrogens with one attached hydrogen (secondary N) is 2. The van der Waals surface area contributed by atoms with Crippen LogP contribution in [0.2, 0.25) is 5.02 Å². The zero-order valence-corrected chi connectivity index (χ0v) is 22.6. The maximum Gasteiger partial charge on any atom is 0.255 e. The summed E-state index contributed by atoms with van der Waals surface area (Å²) in [6.45, 7) is 1.97. The van der Waals surface area contributed by atoms with Crippen molar-refractivity contribution >= 4 is 38.9 Å². The van der Waals surface area contributed by atoms with E-state index in [-0.39, 0.29) is 70.1 Å². The number of halogens is 3. The molecular weight excluding hydrogens is 554 g/mol. The number of anilines is 1. The Hall–Kier alpha value is -2.60. The molecule has 2 bridgehead atoms. The lowest BCUT2D eigenvalue weighted by molar-refractivity contribution is -0.213. The van der Waals surface area contributed by atoms with E-state index in [1.807, 2.05) is 6.92 Å². The van der Waals surface area contributed by atoms with E-state index in [0.717, 1.165) is 18.2 Å². The number of sulfone groups is 1. The number of carbonyl (C=O) groups excluding carboxylic acids is 2. The molecule has 12 heteroatoms. The summed E-state index contributed by atoms with van der Waals surface area (Å²) >= 11 is 6.26. The molecule has 0 spiro atoms. The molecule has 4 N–H and O–H groups in total. The van der Waals surface area contributed by atoms with E-state index in [4.69, 9.17) is 11.6 Å². The lowest BCUT2D eigenvalue weighted by atomic mass is 9.48. The highest BCUT2D eigenvalue weighted by molar-refractivity contribution is 7.92. The molecular formula is C27H29ClF2N2O6S. The van der Waals surface area contributed by atoms with Crippen molar-refractivity contribution in [3.63, 3.8) is 0 Å². The van der Waals surface area contributed by atoms with Crippen molar-refractivity contribution in [3.8, 4) is 0 Å². The second-order valence-electron chi connectivity index (χ2n) is 11.0. The van der Waals surface area contributed by atoms with Gasteiger partial charge in [-0.1, -0.05) is 18.5 Å². The molecule has 4 aliphatic carbocycles. The first-order valence-corrected chi connectivity index (χ1v) is 14.7. The minimum atomic E-state index is -4.00. The number of rotatable bonds is 7. The summed E-state index contributed by atoms with van der Waals surface area (Å²) in [5, 5.41) is 25.1. The third-order valence-electron chi connectivity index (χ3n) is 8.73. The summed E-state index contributed by atoms with van der Waals surface area (Å²) in [6, 6.07) is 6.65. The van der Waals surface area contributed by atoms with Gasteiger partial charge in [0.1, 0.15) is 0 Å². The van der Waals surface area contributed by atoms with Crippen LogP contribution in [0.25, 0.3) is 0 Å². The van der Waals surface area contributed by atoms with Crippen LogP contribution < -0.4 is 10.6 Å². The number of aliphatic hydroxyl groups excluding tert-OH is 1. The van der Waals surface area contributed by atoms with Crippen molar-refractivity contribution in [3.05, 3.63) is 58.6 Å². The van der Waals surface area contributed by atoms with Gasteiger partial charge in [0.15, 0.2) is 21.5 Å². The molecule has 5 atom stereocenters. The topological polar surface area (TPSA) is 133 Å². The number of hydrogen-bond acceptors (Lipinski definition) is 6. The SMILES string of the molecule is C[C@H]1C2CC(S(=O)(=O)c3cc(C(=O)Nc4ccc(F)c(F)c4)ccc3Cl)C[C@H]1[C@@]2(O)CNC(=O)C1CC(O)C1. The molecule has 2 aromatic carbocycles. The lowest BCUT2D eigenvalue weighted by Gasteiger charge is -2.62. The molecule has 4 saturated carbocycles. The zero-order chi connectivity index (χ0) is 28.3. The molecule has 6 rings (SSSR count). The maximum atomic E-state index is 13.7. The molecule has 0 radical (unpaired) electrons. The molecule has 0 saturated heterocycles. The highest BCUT2D eigenvalue weighted by atomic mass is 35.5. The van der Waals surface area contributed by atoms with Crippen LogP contribution in [0.1, 0.15) is 43.0 Å². The van der Waals surface area contributed by atoms with Gasteiger partial charge in [0.25, 0.3) is 5.91 Å². The van der Waals surface area contributed by atoms with Gasteiger partial charge in [0.05, 0.1) is 26.9 Å². The summed E-state index contributed by atoms with van der Waals surface area (Å²) < 4.78 is 54.0. The largest absolute Gasteiger partial charge is 0.393 e. The van der Waals surface area contributed by atoms with Gasteiger partial charge in [-0.2, -0.15) is 0 Å². The Morgan fingerprint density at radius 2 is 1.72 bits per heavy atom. The molecule has 2 aromatic rings. The fourth-order valence-electron chi connectivity index (χ4n) is 6.36. The standard InChI is InChI=1S/C27H29ClF2N2O6S/c1-13-19-10-18(11-20(13)27(19,36)12-31-25(34)15-6-17(33)7-15)39(37,38)24-8-14(2-4-21(24)28)26(35)32-16-3-5-22(29)23(30)9-16/h2-5,8-9,13,15,17-20,33,36H,6-7,10-12H2,1H3,(H,31,34)(H,32,35)/t13-,15?,17?,18?,19-,20?,27+/m1/s1. The number of benzene rings is 2. The van der Waals surface area contributed by atoms with Crippen LogP contribution >= 0.6 is 11.6 Å². The third kappa shape index (κ3) is 4.94. The van der Waals surface area contributed by atoms with Crippen LogP contribution in [0.5, 0.6) is 0 Å². The van der Waals surface area contributed by atoms with E-state index in [9.17, 15) is 37.0 Å². The third-order valence-corrected chi connectivity index (χ3v) is 11.4. The molecule has 39 heavy (non-hydrogen) atoms. The van der Waals surface area contributed by atoms with E-state index in [2.05, 4.69) is 10.6 Å². The molecule has 8 nitrogen and oxygen atoms in total. The number of fused-ring (bicyclic) bond motifs is 2. The van der Waals surface area contributed by atoms with Crippen LogP contribution in [0.4, 0.5) is 14.5 Å². The van der Waals surface area contributed by atoms with Gasteiger partial charge in [-0.05, 0) is 73.8 Å². The molecule has 0 aliphatic heterocycles. The van der Waals surface area contributed by atoms with Crippen LogP contribution in [0.3, 0.4) is 0 Å². The minimum absolute atomic E-state index is 0.000485. The van der Waals surface area contributed by atoms with Gasteiger partial charge >= 0.3 is 0 Å². The normalized spacial score (nSPS) is 31.5. The lowest BCUT2D eigenvalue weighted by Crippen LogP contribution is -2.70. The smallest absolute Gasteiger partial charge is 0.255 e. The highest BCUT2D eigenvalue weighted by Gasteiger charge is 2.64. The number of aliphatic hydroxyl groups is 2. The number of carbonyl (C=O) groups is 2. The van der Waals surface area contributed by atoms with Crippen LogP contribution in [0, 0.1) is 35.3 Å². The summed E-state index contributed by atoms with van der Waals surface area (Å²) in [7, 11) is -4.00. The summed E-state index contributed by atoms with van der Waals surface area (Å²) in [6.07, 6.45) is 0.644. The van der Waals surface area contributed by atoms with E-state index in [0.29, 0.717) is 12.8 Å². The summed E-state index contributed by atoms with van der Waals surface area (Å²) in [5.74, 6) is -4.09. The van der Waals surface area contributed by atoms with Gasteiger partial charge in [0.2, 0.25) is 5.91 Å². The van der Waals surface area contributed by atoms with Crippen LogP contribution in [0.15, 0.2) is 41.3 Å². The van der Waals surface area contributed by atoms with Crippen molar-refractivity contribution in [2.45, 2.75) is 54.5 Å².